The highest BCUT2D eigenvalue weighted by Crippen LogP contribution is 2.35. The Balaban J connectivity index is 0.00000220. The monoisotopic (exact) mass is 311 g/mol. The van der Waals surface area contributed by atoms with Crippen LogP contribution in [0.25, 0.3) is 10.8 Å². The van der Waals surface area contributed by atoms with Crippen molar-refractivity contribution in [1.82, 2.24) is 4.90 Å². The maximum absolute atomic E-state index is 9.54. The van der Waals surface area contributed by atoms with Gasteiger partial charge in [0.15, 0.2) is 11.5 Å². The lowest BCUT2D eigenvalue weighted by Crippen LogP contribution is -2.13. The molecular weight excluding hydrogens is 290 g/mol. The first-order valence-corrected chi connectivity index (χ1v) is 6.52. The molecule has 0 aliphatic heterocycles. The topological polar surface area (TPSA) is 41.9 Å². The smallest absolute Gasteiger partial charge is 0.161 e. The molecule has 0 amide bonds. The number of nitrogens with zero attached hydrogens (tertiary/aromatic N) is 1. The van der Waals surface area contributed by atoms with Gasteiger partial charge in [-0.05, 0) is 48.1 Å². The Labute approximate surface area is 131 Å². The van der Waals surface area contributed by atoms with Gasteiger partial charge in [-0.3, -0.25) is 0 Å². The van der Waals surface area contributed by atoms with Crippen LogP contribution in [0.5, 0.6) is 11.5 Å². The normalized spacial score (nSPS) is 10.6. The van der Waals surface area contributed by atoms with Crippen LogP contribution in [0.4, 0.5) is 0 Å². The third kappa shape index (κ3) is 3.59. The van der Waals surface area contributed by atoms with E-state index in [9.17, 15) is 5.11 Å². The minimum Gasteiger partial charge on any atom is -0.493 e. The largest absolute Gasteiger partial charge is 0.493 e. The highest BCUT2D eigenvalue weighted by atomic mass is 35.5. The Bertz CT molecular complexity index is 614. The zero-order valence-electron chi connectivity index (χ0n) is 12.8. The maximum atomic E-state index is 9.54. The summed E-state index contributed by atoms with van der Waals surface area (Å²) >= 11 is 0. The molecule has 1 N–H and O–H groups in total. The average Bonchev–Trinajstić information content (AvgIpc) is 2.45. The standard InChI is InChI=1S/C16H21NO3.ClH/c1-17(2)9-14-12(10-18)6-5-11-7-15(19-3)16(20-4)8-13(11)14;/h5-8,18H,9-10H2,1-4H3;1H. The molecule has 0 atom stereocenters. The Morgan fingerprint density at radius 3 is 2.19 bits per heavy atom. The number of hydrogen-bond acceptors (Lipinski definition) is 4. The predicted octanol–water partition coefficient (Wildman–Crippen LogP) is 2.83. The van der Waals surface area contributed by atoms with Crippen molar-refractivity contribution in [2.45, 2.75) is 13.2 Å². The van der Waals surface area contributed by atoms with Crippen molar-refractivity contribution in [3.63, 3.8) is 0 Å². The summed E-state index contributed by atoms with van der Waals surface area (Å²) in [5.41, 5.74) is 2.06. The average molecular weight is 312 g/mol. The number of methoxy groups -OCH3 is 2. The predicted molar refractivity (Wildman–Crippen MR) is 87.6 cm³/mol. The molecule has 0 saturated heterocycles. The van der Waals surface area contributed by atoms with Gasteiger partial charge in [-0.2, -0.15) is 0 Å². The molecule has 0 aliphatic rings. The van der Waals surface area contributed by atoms with Gasteiger partial charge in [0.1, 0.15) is 0 Å². The van der Waals surface area contributed by atoms with Crippen LogP contribution in [-0.2, 0) is 13.2 Å². The van der Waals surface area contributed by atoms with Crippen molar-refractivity contribution in [1.29, 1.82) is 0 Å². The Hall–Kier alpha value is -1.49. The van der Waals surface area contributed by atoms with E-state index in [1.165, 1.54) is 0 Å². The van der Waals surface area contributed by atoms with E-state index in [1.54, 1.807) is 14.2 Å². The Morgan fingerprint density at radius 2 is 1.67 bits per heavy atom. The number of benzene rings is 2. The number of aliphatic hydroxyl groups excluding tert-OH is 1. The van der Waals surface area contributed by atoms with E-state index < -0.39 is 0 Å². The van der Waals surface area contributed by atoms with Gasteiger partial charge in [-0.15, -0.1) is 12.4 Å². The van der Waals surface area contributed by atoms with E-state index in [0.29, 0.717) is 11.5 Å². The van der Waals surface area contributed by atoms with Crippen LogP contribution in [-0.4, -0.2) is 38.3 Å². The number of fused-ring (bicyclic) bond motifs is 1. The highest BCUT2D eigenvalue weighted by Gasteiger charge is 2.12. The summed E-state index contributed by atoms with van der Waals surface area (Å²) in [5.74, 6) is 1.42. The molecule has 0 saturated carbocycles. The molecule has 0 unspecified atom stereocenters. The molecule has 4 nitrogen and oxygen atoms in total. The zero-order valence-corrected chi connectivity index (χ0v) is 13.7. The van der Waals surface area contributed by atoms with Gasteiger partial charge in [0, 0.05) is 6.54 Å². The highest BCUT2D eigenvalue weighted by molar-refractivity contribution is 5.90. The fourth-order valence-electron chi connectivity index (χ4n) is 2.41. The summed E-state index contributed by atoms with van der Waals surface area (Å²) < 4.78 is 10.7. The van der Waals surface area contributed by atoms with E-state index in [4.69, 9.17) is 9.47 Å². The summed E-state index contributed by atoms with van der Waals surface area (Å²) in [7, 11) is 7.29. The molecule has 0 aliphatic carbocycles. The number of aliphatic hydroxyl groups is 1. The lowest BCUT2D eigenvalue weighted by molar-refractivity contribution is 0.278. The summed E-state index contributed by atoms with van der Waals surface area (Å²) in [6.45, 7) is 0.802. The maximum Gasteiger partial charge on any atom is 0.161 e. The van der Waals surface area contributed by atoms with Crippen LogP contribution in [0.15, 0.2) is 24.3 Å². The Kier molecular flexibility index (Phi) is 6.27. The van der Waals surface area contributed by atoms with E-state index in [0.717, 1.165) is 28.4 Å². The Morgan fingerprint density at radius 1 is 1.05 bits per heavy atom. The second kappa shape index (κ2) is 7.50. The third-order valence-electron chi connectivity index (χ3n) is 3.38. The molecule has 0 radical (unpaired) electrons. The van der Waals surface area contributed by atoms with Crippen LogP contribution in [0.1, 0.15) is 11.1 Å². The van der Waals surface area contributed by atoms with Crippen LogP contribution in [0.3, 0.4) is 0 Å². The second-order valence-electron chi connectivity index (χ2n) is 5.03. The first kappa shape index (κ1) is 17.6. The third-order valence-corrected chi connectivity index (χ3v) is 3.38. The molecule has 0 fully saturated rings. The van der Waals surface area contributed by atoms with Crippen molar-refractivity contribution >= 4 is 23.2 Å². The number of halogens is 1. The second-order valence-corrected chi connectivity index (χ2v) is 5.03. The van der Waals surface area contributed by atoms with E-state index in [2.05, 4.69) is 4.90 Å². The fourth-order valence-corrected chi connectivity index (χ4v) is 2.41. The molecule has 5 heteroatoms. The van der Waals surface area contributed by atoms with Gasteiger partial charge >= 0.3 is 0 Å². The van der Waals surface area contributed by atoms with Gasteiger partial charge in [0.05, 0.1) is 20.8 Å². The van der Waals surface area contributed by atoms with Crippen molar-refractivity contribution in [3.8, 4) is 11.5 Å². The van der Waals surface area contributed by atoms with E-state index >= 15 is 0 Å². The SMILES string of the molecule is COc1cc2ccc(CO)c(CN(C)C)c2cc1OC.Cl. The van der Waals surface area contributed by atoms with Gasteiger partial charge in [-0.1, -0.05) is 12.1 Å². The molecule has 0 heterocycles. The van der Waals surface area contributed by atoms with Crippen LogP contribution in [0.2, 0.25) is 0 Å². The number of rotatable bonds is 5. The van der Waals surface area contributed by atoms with Crippen LogP contribution >= 0.6 is 12.4 Å². The molecule has 0 spiro atoms. The van der Waals surface area contributed by atoms with Gasteiger partial charge < -0.3 is 19.5 Å². The van der Waals surface area contributed by atoms with Gasteiger partial charge in [-0.25, -0.2) is 0 Å². The van der Waals surface area contributed by atoms with Crippen molar-refractivity contribution in [2.75, 3.05) is 28.3 Å². The molecule has 2 aromatic rings. The van der Waals surface area contributed by atoms with Crippen molar-refractivity contribution in [2.24, 2.45) is 0 Å². The summed E-state index contributed by atoms with van der Waals surface area (Å²) in [6, 6.07) is 7.91. The molecule has 2 aromatic carbocycles. The quantitative estimate of drug-likeness (QED) is 0.922. The van der Waals surface area contributed by atoms with Crippen LogP contribution in [0, 0.1) is 0 Å². The number of hydrogen-bond donors (Lipinski definition) is 1. The van der Waals surface area contributed by atoms with Gasteiger partial charge in [0.25, 0.3) is 0 Å². The summed E-state index contributed by atoms with van der Waals surface area (Å²) in [5, 5.41) is 11.7. The zero-order chi connectivity index (χ0) is 14.7. The lowest BCUT2D eigenvalue weighted by atomic mass is 9.98. The summed E-state index contributed by atoms with van der Waals surface area (Å²) in [6.07, 6.45) is 0. The molecule has 21 heavy (non-hydrogen) atoms. The first-order chi connectivity index (χ1) is 9.60. The molecule has 116 valence electrons. The summed E-state index contributed by atoms with van der Waals surface area (Å²) in [4.78, 5) is 2.09. The fraction of sp³-hybridized carbons (Fsp3) is 0.375. The van der Waals surface area contributed by atoms with E-state index in [1.807, 2.05) is 38.4 Å². The van der Waals surface area contributed by atoms with Gasteiger partial charge in [0.2, 0.25) is 0 Å². The minimum absolute atomic E-state index is 0. The molecule has 0 aromatic heterocycles. The minimum atomic E-state index is 0. The first-order valence-electron chi connectivity index (χ1n) is 6.52. The van der Waals surface area contributed by atoms with E-state index in [-0.39, 0.29) is 19.0 Å². The molecular formula is C16H22ClNO3. The van der Waals surface area contributed by atoms with Crippen LogP contribution < -0.4 is 9.47 Å². The van der Waals surface area contributed by atoms with Crippen molar-refractivity contribution < 1.29 is 14.6 Å². The molecule has 2 rings (SSSR count). The lowest BCUT2D eigenvalue weighted by Gasteiger charge is -2.17. The van der Waals surface area contributed by atoms with Crippen molar-refractivity contribution in [3.05, 3.63) is 35.4 Å². The number of ether oxygens (including phenoxy) is 2. The molecule has 0 bridgehead atoms.